The molecule has 0 aliphatic heterocycles. The summed E-state index contributed by atoms with van der Waals surface area (Å²) < 4.78 is 3.28. The van der Waals surface area contributed by atoms with Crippen molar-refractivity contribution < 1.29 is 9.90 Å². The van der Waals surface area contributed by atoms with Crippen LogP contribution in [0.5, 0.6) is 0 Å². The molecule has 1 aromatic heterocycles. The molecule has 0 saturated heterocycles. The number of benzene rings is 1. The van der Waals surface area contributed by atoms with Crippen LogP contribution in [0.4, 0.5) is 5.69 Å². The van der Waals surface area contributed by atoms with Gasteiger partial charge in [-0.15, -0.1) is 0 Å². The van der Waals surface area contributed by atoms with Gasteiger partial charge in [-0.3, -0.25) is 9.13 Å². The van der Waals surface area contributed by atoms with E-state index in [9.17, 15) is 9.59 Å². The maximum atomic E-state index is 12.4. The van der Waals surface area contributed by atoms with Crippen LogP contribution in [0.2, 0.25) is 0 Å². The summed E-state index contributed by atoms with van der Waals surface area (Å²) in [5, 5.41) is 9.15. The predicted octanol–water partition coefficient (Wildman–Crippen LogP) is 1.90. The highest BCUT2D eigenvalue weighted by Crippen LogP contribution is 2.22. The monoisotopic (exact) mass is 277 g/mol. The first-order valence-corrected chi connectivity index (χ1v) is 6.77. The summed E-state index contributed by atoms with van der Waals surface area (Å²) in [6.07, 6.45) is 1.63. The Morgan fingerprint density at radius 2 is 1.65 bits per heavy atom. The van der Waals surface area contributed by atoms with Crippen LogP contribution in [0.3, 0.4) is 0 Å². The van der Waals surface area contributed by atoms with Crippen molar-refractivity contribution in [2.24, 2.45) is 0 Å². The molecule has 6 nitrogen and oxygen atoms in total. The highest BCUT2D eigenvalue weighted by atomic mass is 16.4. The SMILES string of the molecule is CCCn1c(=O)n(CCC)c2cc(C(=O)O)c(N)cc21. The number of carboxylic acid groups (broad SMARTS) is 1. The molecule has 1 heterocycles. The van der Waals surface area contributed by atoms with E-state index < -0.39 is 5.97 Å². The van der Waals surface area contributed by atoms with Crippen LogP contribution in [0.1, 0.15) is 37.0 Å². The standard InChI is InChI=1S/C14H19N3O3/c1-3-5-16-11-7-9(13(18)19)10(15)8-12(11)17(6-4-2)14(16)20/h7-8H,3-6,15H2,1-2H3,(H,18,19). The predicted molar refractivity (Wildman–Crippen MR) is 78.2 cm³/mol. The number of rotatable bonds is 5. The molecule has 6 heteroatoms. The van der Waals surface area contributed by atoms with E-state index in [1.54, 1.807) is 15.2 Å². The van der Waals surface area contributed by atoms with E-state index in [0.717, 1.165) is 12.8 Å². The van der Waals surface area contributed by atoms with Crippen LogP contribution in [0.15, 0.2) is 16.9 Å². The van der Waals surface area contributed by atoms with E-state index in [1.807, 2.05) is 13.8 Å². The van der Waals surface area contributed by atoms with Crippen molar-refractivity contribution in [1.29, 1.82) is 0 Å². The van der Waals surface area contributed by atoms with Crippen LogP contribution in [-0.2, 0) is 13.1 Å². The largest absolute Gasteiger partial charge is 0.478 e. The number of fused-ring (bicyclic) bond motifs is 1. The van der Waals surface area contributed by atoms with E-state index in [2.05, 4.69) is 0 Å². The summed E-state index contributed by atoms with van der Waals surface area (Å²) in [5.41, 5.74) is 7.23. The van der Waals surface area contributed by atoms with Gasteiger partial charge in [0.25, 0.3) is 0 Å². The van der Waals surface area contributed by atoms with Crippen LogP contribution < -0.4 is 11.4 Å². The van der Waals surface area contributed by atoms with E-state index in [1.165, 1.54) is 6.07 Å². The molecule has 0 unspecified atom stereocenters. The number of hydrogen-bond donors (Lipinski definition) is 2. The molecule has 0 spiro atoms. The van der Waals surface area contributed by atoms with Gasteiger partial charge < -0.3 is 10.8 Å². The molecule has 108 valence electrons. The third kappa shape index (κ3) is 2.17. The molecule has 0 atom stereocenters. The molecule has 0 radical (unpaired) electrons. The molecule has 3 N–H and O–H groups in total. The van der Waals surface area contributed by atoms with Crippen molar-refractivity contribution in [3.63, 3.8) is 0 Å². The van der Waals surface area contributed by atoms with Crippen LogP contribution >= 0.6 is 0 Å². The van der Waals surface area contributed by atoms with Gasteiger partial charge in [-0.25, -0.2) is 9.59 Å². The van der Waals surface area contributed by atoms with Gasteiger partial charge in [0.15, 0.2) is 0 Å². The summed E-state index contributed by atoms with van der Waals surface area (Å²) in [4.78, 5) is 23.6. The average Bonchev–Trinajstić information content (AvgIpc) is 2.64. The lowest BCUT2D eigenvalue weighted by Gasteiger charge is -2.04. The minimum atomic E-state index is -1.08. The number of hydrogen-bond acceptors (Lipinski definition) is 3. The van der Waals surface area contributed by atoms with Crippen molar-refractivity contribution in [1.82, 2.24) is 9.13 Å². The topological polar surface area (TPSA) is 90.2 Å². The van der Waals surface area contributed by atoms with Gasteiger partial charge >= 0.3 is 11.7 Å². The van der Waals surface area contributed by atoms with Gasteiger partial charge in [0.1, 0.15) is 0 Å². The molecule has 0 bridgehead atoms. The number of carboxylic acids is 1. The molecule has 1 aromatic carbocycles. The number of imidazole rings is 1. The van der Waals surface area contributed by atoms with E-state index >= 15 is 0 Å². The first-order chi connectivity index (χ1) is 9.51. The minimum absolute atomic E-state index is 0.0380. The number of nitrogen functional groups attached to an aromatic ring is 1. The molecule has 0 amide bonds. The summed E-state index contributed by atoms with van der Waals surface area (Å²) in [6.45, 7) is 5.13. The molecular weight excluding hydrogens is 258 g/mol. The second kappa shape index (κ2) is 5.40. The van der Waals surface area contributed by atoms with Gasteiger partial charge in [0.05, 0.1) is 16.6 Å². The Balaban J connectivity index is 2.82. The maximum absolute atomic E-state index is 12.4. The van der Waals surface area contributed by atoms with Crippen molar-refractivity contribution >= 4 is 22.7 Å². The first-order valence-electron chi connectivity index (χ1n) is 6.77. The Morgan fingerprint density at radius 1 is 1.15 bits per heavy atom. The van der Waals surface area contributed by atoms with Crippen LogP contribution in [0.25, 0.3) is 11.0 Å². The van der Waals surface area contributed by atoms with Crippen molar-refractivity contribution in [3.05, 3.63) is 28.2 Å². The Labute approximate surface area is 116 Å². The average molecular weight is 277 g/mol. The molecule has 20 heavy (non-hydrogen) atoms. The van der Waals surface area contributed by atoms with Crippen molar-refractivity contribution in [3.8, 4) is 0 Å². The number of aryl methyl sites for hydroxylation is 2. The Morgan fingerprint density at radius 3 is 2.10 bits per heavy atom. The minimum Gasteiger partial charge on any atom is -0.478 e. The van der Waals surface area contributed by atoms with Gasteiger partial charge in [-0.2, -0.15) is 0 Å². The number of aromatic carboxylic acids is 1. The molecule has 0 saturated carbocycles. The highest BCUT2D eigenvalue weighted by molar-refractivity contribution is 5.98. The third-order valence-electron chi connectivity index (χ3n) is 3.31. The zero-order valence-electron chi connectivity index (χ0n) is 11.7. The highest BCUT2D eigenvalue weighted by Gasteiger charge is 2.17. The second-order valence-corrected chi connectivity index (χ2v) is 4.82. The van der Waals surface area contributed by atoms with Gasteiger partial charge in [-0.1, -0.05) is 13.8 Å². The Bertz CT molecular complexity index is 713. The number of carbonyl (C=O) groups is 1. The lowest BCUT2D eigenvalue weighted by molar-refractivity contribution is 0.0698. The van der Waals surface area contributed by atoms with Crippen LogP contribution in [-0.4, -0.2) is 20.2 Å². The smallest absolute Gasteiger partial charge is 0.337 e. The maximum Gasteiger partial charge on any atom is 0.337 e. The zero-order chi connectivity index (χ0) is 14.9. The van der Waals surface area contributed by atoms with Gasteiger partial charge in [0.2, 0.25) is 0 Å². The fourth-order valence-corrected chi connectivity index (χ4v) is 2.44. The first kappa shape index (κ1) is 14.2. The Kier molecular flexibility index (Phi) is 3.83. The lowest BCUT2D eigenvalue weighted by atomic mass is 10.1. The molecule has 2 aromatic rings. The van der Waals surface area contributed by atoms with Crippen molar-refractivity contribution in [2.45, 2.75) is 39.8 Å². The molecule has 0 aliphatic rings. The van der Waals surface area contributed by atoms with Crippen LogP contribution in [0, 0.1) is 0 Å². The fourth-order valence-electron chi connectivity index (χ4n) is 2.44. The fraction of sp³-hybridized carbons (Fsp3) is 0.429. The number of aromatic nitrogens is 2. The van der Waals surface area contributed by atoms with Gasteiger partial charge in [0, 0.05) is 18.8 Å². The summed E-state index contributed by atoms with van der Waals surface area (Å²) >= 11 is 0. The third-order valence-corrected chi connectivity index (χ3v) is 3.31. The van der Waals surface area contributed by atoms with Crippen molar-refractivity contribution in [2.75, 3.05) is 5.73 Å². The summed E-state index contributed by atoms with van der Waals surface area (Å²) in [6, 6.07) is 3.08. The molecule has 0 aliphatic carbocycles. The molecule has 0 fully saturated rings. The van der Waals surface area contributed by atoms with Gasteiger partial charge in [-0.05, 0) is 25.0 Å². The Hall–Kier alpha value is -2.24. The number of nitrogens with zero attached hydrogens (tertiary/aromatic N) is 2. The summed E-state index contributed by atoms with van der Waals surface area (Å²) in [5.74, 6) is -1.08. The molecule has 2 rings (SSSR count). The number of anilines is 1. The quantitative estimate of drug-likeness (QED) is 0.817. The lowest BCUT2D eigenvalue weighted by Crippen LogP contribution is -2.24. The summed E-state index contributed by atoms with van der Waals surface area (Å²) in [7, 11) is 0. The van der Waals surface area contributed by atoms with E-state index in [0.29, 0.717) is 24.1 Å². The van der Waals surface area contributed by atoms with E-state index in [-0.39, 0.29) is 16.9 Å². The normalized spacial score (nSPS) is 11.1. The number of nitrogens with two attached hydrogens (primary N) is 1. The second-order valence-electron chi connectivity index (χ2n) is 4.82. The zero-order valence-corrected chi connectivity index (χ0v) is 11.7. The molecular formula is C14H19N3O3. The van der Waals surface area contributed by atoms with E-state index in [4.69, 9.17) is 10.8 Å².